The SMILES string of the molecule is C[C@@H](OC(=O)[C@@H](N)Cc1ccc(OC(=O)[C@@H](N)Cc2c[nH]c3ccccc23)cc1)[C@H](N)C(=O)O. The van der Waals surface area contributed by atoms with Crippen molar-refractivity contribution in [3.8, 4) is 5.75 Å². The van der Waals surface area contributed by atoms with E-state index in [1.54, 1.807) is 24.3 Å². The quantitative estimate of drug-likeness (QED) is 0.213. The molecule has 4 atom stereocenters. The van der Waals surface area contributed by atoms with E-state index in [0.717, 1.165) is 16.5 Å². The number of rotatable bonds is 10. The number of aliphatic carboxylic acids is 1. The lowest BCUT2D eigenvalue weighted by Gasteiger charge is -2.19. The Morgan fingerprint density at radius 2 is 1.59 bits per heavy atom. The molecule has 10 nitrogen and oxygen atoms in total. The van der Waals surface area contributed by atoms with Gasteiger partial charge in [-0.2, -0.15) is 0 Å². The van der Waals surface area contributed by atoms with Gasteiger partial charge in [-0.25, -0.2) is 4.79 Å². The number of hydrogen-bond donors (Lipinski definition) is 5. The fourth-order valence-electron chi connectivity index (χ4n) is 3.39. The summed E-state index contributed by atoms with van der Waals surface area (Å²) in [5.74, 6) is -2.30. The van der Waals surface area contributed by atoms with Gasteiger partial charge in [0.25, 0.3) is 0 Å². The standard InChI is InChI=1S/C24H28N4O6/c1-13(21(27)22(29)30)33-23(31)18(25)10-14-6-8-16(9-7-14)34-24(32)19(26)11-15-12-28-20-5-3-2-4-17(15)20/h2-9,12-13,18-19,21,28H,10-11,25-27H2,1H3,(H,29,30)/t13-,18+,19+,21+/m1/s1. The molecule has 1 heterocycles. The molecule has 180 valence electrons. The third kappa shape index (κ3) is 6.19. The molecule has 3 aromatic rings. The van der Waals surface area contributed by atoms with E-state index in [1.165, 1.54) is 6.92 Å². The smallest absolute Gasteiger partial charge is 0.328 e. The maximum atomic E-state index is 12.4. The van der Waals surface area contributed by atoms with Crippen molar-refractivity contribution in [2.75, 3.05) is 0 Å². The number of carbonyl (C=O) groups excluding carboxylic acids is 2. The summed E-state index contributed by atoms with van der Waals surface area (Å²) in [6.45, 7) is 1.38. The Balaban J connectivity index is 1.52. The molecule has 0 saturated heterocycles. The third-order valence-corrected chi connectivity index (χ3v) is 5.41. The summed E-state index contributed by atoms with van der Waals surface area (Å²) in [4.78, 5) is 38.6. The highest BCUT2D eigenvalue weighted by molar-refractivity contribution is 5.85. The second-order valence-corrected chi connectivity index (χ2v) is 8.05. The van der Waals surface area contributed by atoms with E-state index in [9.17, 15) is 14.4 Å². The number of carboxylic acids is 1. The van der Waals surface area contributed by atoms with Crippen molar-refractivity contribution in [1.29, 1.82) is 0 Å². The van der Waals surface area contributed by atoms with Gasteiger partial charge in [0.2, 0.25) is 0 Å². The third-order valence-electron chi connectivity index (χ3n) is 5.41. The number of ether oxygens (including phenoxy) is 2. The van der Waals surface area contributed by atoms with Crippen LogP contribution in [-0.2, 0) is 32.0 Å². The van der Waals surface area contributed by atoms with Gasteiger partial charge in [0, 0.05) is 23.5 Å². The topological polar surface area (TPSA) is 184 Å². The Hall–Kier alpha value is -3.73. The summed E-state index contributed by atoms with van der Waals surface area (Å²) >= 11 is 0. The van der Waals surface area contributed by atoms with Crippen LogP contribution in [0.3, 0.4) is 0 Å². The second-order valence-electron chi connectivity index (χ2n) is 8.05. The Kier molecular flexibility index (Phi) is 8.00. The van der Waals surface area contributed by atoms with Gasteiger partial charge in [0.1, 0.15) is 30.0 Å². The minimum Gasteiger partial charge on any atom is -0.480 e. The minimum atomic E-state index is -1.34. The molecular weight excluding hydrogens is 440 g/mol. The molecule has 0 amide bonds. The van der Waals surface area contributed by atoms with E-state index in [-0.39, 0.29) is 6.42 Å². The molecule has 0 bridgehead atoms. The summed E-state index contributed by atoms with van der Waals surface area (Å²) in [5.41, 5.74) is 19.9. The summed E-state index contributed by atoms with van der Waals surface area (Å²) < 4.78 is 10.4. The van der Waals surface area contributed by atoms with Gasteiger partial charge in [-0.3, -0.25) is 9.59 Å². The predicted molar refractivity (Wildman–Crippen MR) is 125 cm³/mol. The van der Waals surface area contributed by atoms with Crippen LogP contribution in [0.15, 0.2) is 54.7 Å². The Morgan fingerprint density at radius 1 is 0.941 bits per heavy atom. The number of carbonyl (C=O) groups is 3. The first-order valence-electron chi connectivity index (χ1n) is 10.7. The molecule has 0 saturated carbocycles. The Morgan fingerprint density at radius 3 is 2.26 bits per heavy atom. The summed E-state index contributed by atoms with van der Waals surface area (Å²) in [5, 5.41) is 9.88. The van der Waals surface area contributed by atoms with Crippen LogP contribution in [0.4, 0.5) is 0 Å². The first kappa shape index (κ1) is 24.9. The summed E-state index contributed by atoms with van der Waals surface area (Å²) in [7, 11) is 0. The van der Waals surface area contributed by atoms with Crippen molar-refractivity contribution in [2.45, 2.75) is 44.0 Å². The van der Waals surface area contributed by atoms with Gasteiger partial charge in [-0.1, -0.05) is 30.3 Å². The van der Waals surface area contributed by atoms with E-state index < -0.39 is 42.1 Å². The average molecular weight is 469 g/mol. The number of carboxylic acid groups (broad SMARTS) is 1. The number of H-pyrrole nitrogens is 1. The van der Waals surface area contributed by atoms with E-state index in [4.69, 9.17) is 31.8 Å². The van der Waals surface area contributed by atoms with Gasteiger partial charge in [0.15, 0.2) is 0 Å². The van der Waals surface area contributed by atoms with Crippen molar-refractivity contribution >= 4 is 28.8 Å². The summed E-state index contributed by atoms with van der Waals surface area (Å²) in [6.07, 6.45) is 1.27. The predicted octanol–water partition coefficient (Wildman–Crippen LogP) is 0.857. The van der Waals surface area contributed by atoms with Crippen LogP contribution in [0.25, 0.3) is 10.9 Å². The molecule has 0 aliphatic rings. The molecule has 2 aromatic carbocycles. The fourth-order valence-corrected chi connectivity index (χ4v) is 3.39. The van der Waals surface area contributed by atoms with Crippen LogP contribution in [0.5, 0.6) is 5.75 Å². The van der Waals surface area contributed by atoms with Crippen LogP contribution in [0.2, 0.25) is 0 Å². The number of esters is 2. The van der Waals surface area contributed by atoms with E-state index in [0.29, 0.717) is 17.7 Å². The number of nitrogens with two attached hydrogens (primary N) is 3. The van der Waals surface area contributed by atoms with Crippen LogP contribution in [0, 0.1) is 0 Å². The lowest BCUT2D eigenvalue weighted by Crippen LogP contribution is -2.45. The average Bonchev–Trinajstić information content (AvgIpc) is 3.22. The van der Waals surface area contributed by atoms with Crippen LogP contribution in [-0.4, -0.2) is 52.2 Å². The number of fused-ring (bicyclic) bond motifs is 1. The largest absolute Gasteiger partial charge is 0.480 e. The molecule has 0 unspecified atom stereocenters. The first-order chi connectivity index (χ1) is 16.2. The second kappa shape index (κ2) is 10.9. The van der Waals surface area contributed by atoms with Crippen LogP contribution < -0.4 is 21.9 Å². The summed E-state index contributed by atoms with van der Waals surface area (Å²) in [6, 6.07) is 11.0. The van der Waals surface area contributed by atoms with Crippen molar-refractivity contribution in [1.82, 2.24) is 4.98 Å². The highest BCUT2D eigenvalue weighted by Crippen LogP contribution is 2.20. The van der Waals surface area contributed by atoms with Crippen molar-refractivity contribution in [2.24, 2.45) is 17.2 Å². The van der Waals surface area contributed by atoms with Gasteiger partial charge in [-0.05, 0) is 42.7 Å². The van der Waals surface area contributed by atoms with Crippen molar-refractivity contribution < 1.29 is 29.0 Å². The molecule has 0 radical (unpaired) electrons. The van der Waals surface area contributed by atoms with Crippen molar-refractivity contribution in [3.05, 3.63) is 65.9 Å². The Labute approximate surface area is 196 Å². The zero-order chi connectivity index (χ0) is 24.8. The number of aromatic nitrogens is 1. The van der Waals surface area contributed by atoms with Gasteiger partial charge in [-0.15, -0.1) is 0 Å². The molecule has 0 spiro atoms. The van der Waals surface area contributed by atoms with E-state index in [2.05, 4.69) is 4.98 Å². The van der Waals surface area contributed by atoms with Gasteiger partial charge < -0.3 is 36.8 Å². The van der Waals surface area contributed by atoms with E-state index >= 15 is 0 Å². The number of aromatic amines is 1. The van der Waals surface area contributed by atoms with E-state index in [1.807, 2.05) is 30.5 Å². The molecule has 10 heteroatoms. The molecule has 34 heavy (non-hydrogen) atoms. The monoisotopic (exact) mass is 468 g/mol. The number of benzene rings is 2. The van der Waals surface area contributed by atoms with Gasteiger partial charge >= 0.3 is 17.9 Å². The first-order valence-corrected chi connectivity index (χ1v) is 10.7. The number of hydrogen-bond acceptors (Lipinski definition) is 8. The minimum absolute atomic E-state index is 0.141. The zero-order valence-electron chi connectivity index (χ0n) is 18.6. The zero-order valence-corrected chi connectivity index (χ0v) is 18.6. The van der Waals surface area contributed by atoms with Crippen molar-refractivity contribution in [3.63, 3.8) is 0 Å². The molecule has 0 fully saturated rings. The molecule has 3 rings (SSSR count). The van der Waals surface area contributed by atoms with Gasteiger partial charge in [0.05, 0.1) is 0 Å². The molecule has 0 aliphatic carbocycles. The van der Waals surface area contributed by atoms with Crippen LogP contribution in [0.1, 0.15) is 18.1 Å². The maximum absolute atomic E-state index is 12.4. The number of nitrogens with one attached hydrogen (secondary N) is 1. The van der Waals surface area contributed by atoms with Crippen LogP contribution >= 0.6 is 0 Å². The highest BCUT2D eigenvalue weighted by Gasteiger charge is 2.26. The number of para-hydroxylation sites is 1. The molecular formula is C24H28N4O6. The lowest BCUT2D eigenvalue weighted by molar-refractivity contribution is -0.154. The fraction of sp³-hybridized carbons (Fsp3) is 0.292. The maximum Gasteiger partial charge on any atom is 0.328 e. The normalized spacial score (nSPS) is 14.7. The highest BCUT2D eigenvalue weighted by atomic mass is 16.5. The molecule has 8 N–H and O–H groups in total. The molecule has 0 aliphatic heterocycles. The Bertz CT molecular complexity index is 1160. The lowest BCUT2D eigenvalue weighted by atomic mass is 10.1. The molecule has 1 aromatic heterocycles.